The number of carbonyl (C=O) groups excluding carboxylic acids is 1. The van der Waals surface area contributed by atoms with E-state index in [2.05, 4.69) is 43.4 Å². The lowest BCUT2D eigenvalue weighted by molar-refractivity contribution is -0.186. The molecule has 1 aromatic carbocycles. The molecule has 0 spiro atoms. The minimum Gasteiger partial charge on any atom is -0.350 e. The molecule has 124 valence electrons. The third-order valence-corrected chi connectivity index (χ3v) is 4.15. The number of carbonyl (C=O) groups is 1. The first-order valence-corrected chi connectivity index (χ1v) is 8.14. The zero-order valence-electron chi connectivity index (χ0n) is 13.9. The van der Waals surface area contributed by atoms with Gasteiger partial charge in [-0.2, -0.15) is 0 Å². The molecule has 2 aromatic rings. The Bertz CT molecular complexity index is 694. The van der Waals surface area contributed by atoms with Crippen LogP contribution in [-0.4, -0.2) is 23.8 Å². The van der Waals surface area contributed by atoms with Gasteiger partial charge in [-0.1, -0.05) is 32.9 Å². The van der Waals surface area contributed by atoms with Gasteiger partial charge < -0.3 is 9.72 Å². The third kappa shape index (κ3) is 3.74. The summed E-state index contributed by atoms with van der Waals surface area (Å²) in [7, 11) is 0. The van der Waals surface area contributed by atoms with Crippen molar-refractivity contribution in [3.05, 3.63) is 35.5 Å². The zero-order valence-corrected chi connectivity index (χ0v) is 13.9. The zero-order chi connectivity index (χ0) is 16.4. The van der Waals surface area contributed by atoms with Crippen LogP contribution in [0.3, 0.4) is 0 Å². The molecular weight excluding hydrogens is 292 g/mol. The summed E-state index contributed by atoms with van der Waals surface area (Å²) in [4.78, 5) is 20.7. The Morgan fingerprint density at radius 1 is 1.30 bits per heavy atom. The molecule has 1 aliphatic rings. The van der Waals surface area contributed by atoms with Crippen LogP contribution in [0.15, 0.2) is 24.3 Å². The van der Waals surface area contributed by atoms with Crippen LogP contribution >= 0.6 is 0 Å². The van der Waals surface area contributed by atoms with Crippen LogP contribution in [0.2, 0.25) is 0 Å². The highest BCUT2D eigenvalue weighted by atomic mass is 16.8. The number of aromatic amines is 1. The minimum atomic E-state index is -0.343. The van der Waals surface area contributed by atoms with E-state index in [0.29, 0.717) is 12.3 Å². The Morgan fingerprint density at radius 3 is 2.83 bits per heavy atom. The Hall–Kier alpha value is -1.85. The van der Waals surface area contributed by atoms with Crippen LogP contribution in [0.4, 0.5) is 0 Å². The Balaban J connectivity index is 1.70. The number of hydrogen-bond donors (Lipinski definition) is 2. The van der Waals surface area contributed by atoms with Crippen molar-refractivity contribution in [3.8, 4) is 0 Å². The Kier molecular flexibility index (Phi) is 4.41. The van der Waals surface area contributed by atoms with Gasteiger partial charge in [0.1, 0.15) is 5.69 Å². The minimum absolute atomic E-state index is 0.0726. The molecule has 0 radical (unpaired) electrons. The third-order valence-electron chi connectivity index (χ3n) is 4.15. The van der Waals surface area contributed by atoms with Crippen molar-refractivity contribution in [2.45, 2.75) is 51.7 Å². The van der Waals surface area contributed by atoms with Crippen LogP contribution in [0.5, 0.6) is 0 Å². The van der Waals surface area contributed by atoms with Gasteiger partial charge in [0.2, 0.25) is 0 Å². The summed E-state index contributed by atoms with van der Waals surface area (Å²) in [5.41, 5.74) is 5.22. The lowest BCUT2D eigenvalue weighted by atomic mass is 9.87. The number of hydroxylamine groups is 1. The van der Waals surface area contributed by atoms with Gasteiger partial charge in [0.05, 0.1) is 0 Å². The lowest BCUT2D eigenvalue weighted by Crippen LogP contribution is -2.33. The number of benzene rings is 1. The molecular formula is C18H24N2O3. The number of hydrogen-bond acceptors (Lipinski definition) is 3. The van der Waals surface area contributed by atoms with Gasteiger partial charge in [0.25, 0.3) is 5.91 Å². The van der Waals surface area contributed by atoms with Crippen molar-refractivity contribution >= 4 is 16.8 Å². The van der Waals surface area contributed by atoms with Crippen molar-refractivity contribution in [2.75, 3.05) is 6.61 Å². The summed E-state index contributed by atoms with van der Waals surface area (Å²) in [6.07, 6.45) is 2.57. The fourth-order valence-electron chi connectivity index (χ4n) is 2.69. The molecule has 5 nitrogen and oxygen atoms in total. The number of nitrogens with one attached hydrogen (secondary N) is 2. The van der Waals surface area contributed by atoms with E-state index in [1.807, 2.05) is 12.1 Å². The van der Waals surface area contributed by atoms with Gasteiger partial charge in [-0.25, -0.2) is 10.3 Å². The number of fused-ring (bicyclic) bond motifs is 1. The van der Waals surface area contributed by atoms with E-state index in [0.717, 1.165) is 30.2 Å². The fraction of sp³-hybridized carbons (Fsp3) is 0.500. The van der Waals surface area contributed by atoms with E-state index in [1.54, 1.807) is 0 Å². The van der Waals surface area contributed by atoms with E-state index in [1.165, 1.54) is 5.56 Å². The van der Waals surface area contributed by atoms with E-state index in [4.69, 9.17) is 9.57 Å². The molecule has 3 rings (SSSR count). The van der Waals surface area contributed by atoms with Crippen LogP contribution in [-0.2, 0) is 15.0 Å². The van der Waals surface area contributed by atoms with Crippen molar-refractivity contribution in [2.24, 2.45) is 0 Å². The average Bonchev–Trinajstić information content (AvgIpc) is 2.96. The summed E-state index contributed by atoms with van der Waals surface area (Å²) < 4.78 is 5.43. The standard InChI is InChI=1S/C18H24N2O3/c1-18(2,3)13-8-7-12-10-15(19-14(12)11-13)17(21)20-23-16-6-4-5-9-22-16/h7-8,10-11,16,19H,4-6,9H2,1-3H3,(H,20,21)/t16-/m0/s1. The molecule has 2 N–H and O–H groups in total. The Morgan fingerprint density at radius 2 is 2.13 bits per heavy atom. The average molecular weight is 316 g/mol. The number of aromatic nitrogens is 1. The van der Waals surface area contributed by atoms with Gasteiger partial charge in [0, 0.05) is 23.9 Å². The smallest absolute Gasteiger partial charge is 0.291 e. The maximum atomic E-state index is 12.2. The molecule has 5 heteroatoms. The molecule has 0 unspecified atom stereocenters. The molecule has 1 atom stereocenters. The lowest BCUT2D eigenvalue weighted by Gasteiger charge is -2.21. The van der Waals surface area contributed by atoms with E-state index < -0.39 is 0 Å². The molecule has 2 heterocycles. The van der Waals surface area contributed by atoms with Crippen LogP contribution in [0.1, 0.15) is 56.1 Å². The number of H-pyrrole nitrogens is 1. The van der Waals surface area contributed by atoms with Crippen molar-refractivity contribution in [1.29, 1.82) is 0 Å². The van der Waals surface area contributed by atoms with Crippen molar-refractivity contribution < 1.29 is 14.4 Å². The van der Waals surface area contributed by atoms with Crippen molar-refractivity contribution in [3.63, 3.8) is 0 Å². The van der Waals surface area contributed by atoms with Gasteiger partial charge in [-0.15, -0.1) is 0 Å². The summed E-state index contributed by atoms with van der Waals surface area (Å²) in [5, 5.41) is 1.01. The predicted molar refractivity (Wildman–Crippen MR) is 89.1 cm³/mol. The maximum Gasteiger partial charge on any atom is 0.291 e. The molecule has 0 saturated carbocycles. The quantitative estimate of drug-likeness (QED) is 0.850. The first kappa shape index (κ1) is 16.0. The van der Waals surface area contributed by atoms with Gasteiger partial charge in [-0.05, 0) is 36.0 Å². The SMILES string of the molecule is CC(C)(C)c1ccc2cc(C(=O)NO[C@H]3CCCCO3)[nH]c2c1. The normalized spacial score (nSPS) is 19.0. The highest BCUT2D eigenvalue weighted by Gasteiger charge is 2.18. The number of amides is 1. The first-order chi connectivity index (χ1) is 10.9. The van der Waals surface area contributed by atoms with Gasteiger partial charge in [-0.3, -0.25) is 4.79 Å². The summed E-state index contributed by atoms with van der Waals surface area (Å²) in [5.74, 6) is -0.285. The molecule has 1 amide bonds. The Labute approximate surface area is 136 Å². The van der Waals surface area contributed by atoms with Crippen LogP contribution in [0.25, 0.3) is 10.9 Å². The molecule has 1 aromatic heterocycles. The molecule has 23 heavy (non-hydrogen) atoms. The molecule has 0 bridgehead atoms. The monoisotopic (exact) mass is 316 g/mol. The highest BCUT2D eigenvalue weighted by Crippen LogP contribution is 2.26. The summed E-state index contributed by atoms with van der Waals surface area (Å²) in [6, 6.07) is 8.07. The van der Waals surface area contributed by atoms with Gasteiger partial charge >= 0.3 is 0 Å². The second kappa shape index (κ2) is 6.34. The van der Waals surface area contributed by atoms with E-state index in [-0.39, 0.29) is 17.6 Å². The van der Waals surface area contributed by atoms with Gasteiger partial charge in [0.15, 0.2) is 6.29 Å². The van der Waals surface area contributed by atoms with E-state index in [9.17, 15) is 4.79 Å². The predicted octanol–water partition coefficient (Wildman–Crippen LogP) is 3.65. The number of ether oxygens (including phenoxy) is 1. The fourth-order valence-corrected chi connectivity index (χ4v) is 2.69. The van der Waals surface area contributed by atoms with E-state index >= 15 is 0 Å². The van der Waals surface area contributed by atoms with Crippen LogP contribution in [0, 0.1) is 0 Å². The number of rotatable bonds is 3. The summed E-state index contributed by atoms with van der Waals surface area (Å²) in [6.45, 7) is 7.19. The molecule has 0 aliphatic carbocycles. The second-order valence-corrected chi connectivity index (χ2v) is 7.08. The molecule has 1 fully saturated rings. The molecule has 1 aliphatic heterocycles. The van der Waals surface area contributed by atoms with Crippen LogP contribution < -0.4 is 5.48 Å². The largest absolute Gasteiger partial charge is 0.350 e. The van der Waals surface area contributed by atoms with Crippen molar-refractivity contribution in [1.82, 2.24) is 10.5 Å². The highest BCUT2D eigenvalue weighted by molar-refractivity contribution is 5.97. The summed E-state index contributed by atoms with van der Waals surface area (Å²) >= 11 is 0. The topological polar surface area (TPSA) is 63.4 Å². The maximum absolute atomic E-state index is 12.2. The first-order valence-electron chi connectivity index (χ1n) is 8.14. The second-order valence-electron chi connectivity index (χ2n) is 7.08. The molecule has 1 saturated heterocycles.